The van der Waals surface area contributed by atoms with Crippen LogP contribution in [0.15, 0.2) is 65.3 Å². The largest absolute Gasteiger partial charge is 0.496 e. The van der Waals surface area contributed by atoms with Crippen molar-refractivity contribution in [1.82, 2.24) is 9.80 Å². The monoisotopic (exact) mass is 492 g/mol. The van der Waals surface area contributed by atoms with E-state index in [0.29, 0.717) is 48.1 Å². The van der Waals surface area contributed by atoms with Crippen LogP contribution in [0.3, 0.4) is 0 Å². The lowest BCUT2D eigenvalue weighted by Gasteiger charge is -2.28. The Morgan fingerprint density at radius 2 is 1.67 bits per heavy atom. The number of para-hydroxylation sites is 1. The Balaban J connectivity index is 1.51. The van der Waals surface area contributed by atoms with Crippen molar-refractivity contribution in [2.75, 3.05) is 34.4 Å². The number of benzene rings is 2. The van der Waals surface area contributed by atoms with Crippen molar-refractivity contribution in [2.45, 2.75) is 31.8 Å². The van der Waals surface area contributed by atoms with Gasteiger partial charge in [0.05, 0.1) is 39.7 Å². The molecule has 8 nitrogen and oxygen atoms in total. The van der Waals surface area contributed by atoms with Crippen LogP contribution in [0, 0.1) is 0 Å². The lowest BCUT2D eigenvalue weighted by Crippen LogP contribution is -2.44. The zero-order valence-electron chi connectivity index (χ0n) is 20.9. The Kier molecular flexibility index (Phi) is 8.15. The van der Waals surface area contributed by atoms with Crippen molar-refractivity contribution < 1.29 is 28.2 Å². The smallest absolute Gasteiger partial charge is 0.258 e. The maximum absolute atomic E-state index is 13.6. The Hall–Kier alpha value is -3.94. The molecule has 0 radical (unpaired) electrons. The second-order valence-corrected chi connectivity index (χ2v) is 8.70. The number of hydrogen-bond acceptors (Lipinski definition) is 6. The van der Waals surface area contributed by atoms with Crippen LogP contribution in [0.2, 0.25) is 0 Å². The third-order valence-corrected chi connectivity index (χ3v) is 6.29. The van der Waals surface area contributed by atoms with E-state index in [2.05, 4.69) is 0 Å². The lowest BCUT2D eigenvalue weighted by atomic mass is 10.1. The topological polar surface area (TPSA) is 81.5 Å². The van der Waals surface area contributed by atoms with Gasteiger partial charge < -0.3 is 28.4 Å². The zero-order valence-corrected chi connectivity index (χ0v) is 20.9. The molecule has 2 amide bonds. The van der Waals surface area contributed by atoms with Crippen molar-refractivity contribution in [2.24, 2.45) is 0 Å². The van der Waals surface area contributed by atoms with Gasteiger partial charge in [0.2, 0.25) is 5.91 Å². The zero-order chi connectivity index (χ0) is 25.5. The van der Waals surface area contributed by atoms with Crippen LogP contribution in [0.4, 0.5) is 0 Å². The van der Waals surface area contributed by atoms with Gasteiger partial charge in [0.15, 0.2) is 11.5 Å². The van der Waals surface area contributed by atoms with Crippen LogP contribution in [0.25, 0.3) is 0 Å². The van der Waals surface area contributed by atoms with Crippen LogP contribution in [-0.2, 0) is 17.8 Å². The normalized spacial score (nSPS) is 12.6. The molecule has 190 valence electrons. The summed E-state index contributed by atoms with van der Waals surface area (Å²) < 4.78 is 21.6. The van der Waals surface area contributed by atoms with Crippen molar-refractivity contribution in [1.29, 1.82) is 0 Å². The maximum atomic E-state index is 13.6. The first-order valence-electron chi connectivity index (χ1n) is 12.0. The Morgan fingerprint density at radius 1 is 0.917 bits per heavy atom. The molecule has 0 N–H and O–H groups in total. The average molecular weight is 493 g/mol. The van der Waals surface area contributed by atoms with Crippen molar-refractivity contribution in [3.8, 4) is 17.2 Å². The predicted molar refractivity (Wildman–Crippen MR) is 134 cm³/mol. The number of amides is 2. The van der Waals surface area contributed by atoms with Crippen LogP contribution < -0.4 is 14.2 Å². The van der Waals surface area contributed by atoms with Gasteiger partial charge in [0.25, 0.3) is 5.91 Å². The summed E-state index contributed by atoms with van der Waals surface area (Å²) in [5.74, 6) is 2.15. The third-order valence-electron chi connectivity index (χ3n) is 6.29. The fourth-order valence-corrected chi connectivity index (χ4v) is 4.16. The van der Waals surface area contributed by atoms with Gasteiger partial charge in [-0.3, -0.25) is 9.59 Å². The molecule has 1 aliphatic carbocycles. The lowest BCUT2D eigenvalue weighted by molar-refractivity contribution is -0.132. The number of furan rings is 1. The number of methoxy groups -OCH3 is 3. The first kappa shape index (κ1) is 25.2. The molecule has 0 bridgehead atoms. The summed E-state index contributed by atoms with van der Waals surface area (Å²) in [5.41, 5.74) is 1.47. The van der Waals surface area contributed by atoms with E-state index >= 15 is 0 Å². The number of nitrogens with zero attached hydrogens (tertiary/aromatic N) is 2. The molecule has 1 aromatic heterocycles. The predicted octanol–water partition coefficient (Wildman–Crippen LogP) is 4.18. The van der Waals surface area contributed by atoms with E-state index in [9.17, 15) is 9.59 Å². The van der Waals surface area contributed by atoms with E-state index in [0.717, 1.165) is 18.4 Å². The van der Waals surface area contributed by atoms with Gasteiger partial charge in [-0.1, -0.05) is 18.2 Å². The fourth-order valence-electron chi connectivity index (χ4n) is 4.16. The molecule has 1 aliphatic rings. The molecule has 0 atom stereocenters. The van der Waals surface area contributed by atoms with E-state index in [4.69, 9.17) is 18.6 Å². The van der Waals surface area contributed by atoms with Gasteiger partial charge in [0, 0.05) is 12.6 Å². The summed E-state index contributed by atoms with van der Waals surface area (Å²) in [7, 11) is 4.73. The first-order chi connectivity index (χ1) is 17.5. The minimum Gasteiger partial charge on any atom is -0.496 e. The molecular formula is C28H32N2O6. The minimum atomic E-state index is -0.193. The molecule has 0 aliphatic heterocycles. The molecule has 3 aromatic rings. The molecule has 0 saturated heterocycles. The number of carbonyl (C=O) groups excluding carboxylic acids is 2. The molecule has 1 saturated carbocycles. The van der Waals surface area contributed by atoms with Crippen molar-refractivity contribution in [3.63, 3.8) is 0 Å². The second-order valence-electron chi connectivity index (χ2n) is 8.70. The molecule has 8 heteroatoms. The SMILES string of the molecule is COc1ccc(CCN(Cc2ccco2)C(=O)CN(C(=O)c2ccccc2OC)C2CC2)cc1OC. The summed E-state index contributed by atoms with van der Waals surface area (Å²) >= 11 is 0. The molecular weight excluding hydrogens is 460 g/mol. The van der Waals surface area contributed by atoms with E-state index in [1.165, 1.54) is 7.11 Å². The van der Waals surface area contributed by atoms with E-state index in [1.54, 1.807) is 54.5 Å². The van der Waals surface area contributed by atoms with Gasteiger partial charge in [-0.15, -0.1) is 0 Å². The number of rotatable bonds is 12. The van der Waals surface area contributed by atoms with Crippen LogP contribution in [0.5, 0.6) is 17.2 Å². The highest BCUT2D eigenvalue weighted by molar-refractivity contribution is 5.99. The summed E-state index contributed by atoms with van der Waals surface area (Å²) in [6, 6.07) is 16.5. The van der Waals surface area contributed by atoms with E-state index in [-0.39, 0.29) is 24.4 Å². The highest BCUT2D eigenvalue weighted by atomic mass is 16.5. The average Bonchev–Trinajstić information content (AvgIpc) is 3.63. The van der Waals surface area contributed by atoms with Crippen LogP contribution in [-0.4, -0.2) is 62.1 Å². The molecule has 4 rings (SSSR count). The highest BCUT2D eigenvalue weighted by Gasteiger charge is 2.36. The summed E-state index contributed by atoms with van der Waals surface area (Å²) in [4.78, 5) is 30.4. The maximum Gasteiger partial charge on any atom is 0.258 e. The molecule has 1 heterocycles. The third kappa shape index (κ3) is 6.00. The Bertz CT molecular complexity index is 1170. The van der Waals surface area contributed by atoms with Crippen LogP contribution >= 0.6 is 0 Å². The molecule has 1 fully saturated rings. The van der Waals surface area contributed by atoms with Crippen molar-refractivity contribution in [3.05, 3.63) is 77.7 Å². The summed E-state index contributed by atoms with van der Waals surface area (Å²) in [6.45, 7) is 0.769. The highest BCUT2D eigenvalue weighted by Crippen LogP contribution is 2.31. The molecule has 36 heavy (non-hydrogen) atoms. The van der Waals surface area contributed by atoms with Gasteiger partial charge in [-0.2, -0.15) is 0 Å². The summed E-state index contributed by atoms with van der Waals surface area (Å²) in [6.07, 6.45) is 3.97. The first-order valence-corrected chi connectivity index (χ1v) is 12.0. The van der Waals surface area contributed by atoms with Crippen molar-refractivity contribution >= 4 is 11.8 Å². The number of ether oxygens (including phenoxy) is 3. The molecule has 2 aromatic carbocycles. The van der Waals surface area contributed by atoms with Gasteiger partial charge in [-0.05, 0) is 61.2 Å². The second kappa shape index (κ2) is 11.7. The van der Waals surface area contributed by atoms with Gasteiger partial charge in [0.1, 0.15) is 18.1 Å². The Morgan fingerprint density at radius 3 is 2.33 bits per heavy atom. The Labute approximate surface area is 211 Å². The van der Waals surface area contributed by atoms with Gasteiger partial charge in [-0.25, -0.2) is 0 Å². The molecule has 0 spiro atoms. The van der Waals surface area contributed by atoms with E-state index in [1.807, 2.05) is 30.3 Å². The quantitative estimate of drug-likeness (QED) is 0.377. The fraction of sp³-hybridized carbons (Fsp3) is 0.357. The van der Waals surface area contributed by atoms with Crippen LogP contribution in [0.1, 0.15) is 34.5 Å². The minimum absolute atomic E-state index is 0.00576. The number of hydrogen-bond donors (Lipinski definition) is 0. The summed E-state index contributed by atoms with van der Waals surface area (Å²) in [5, 5.41) is 0. The standard InChI is InChI=1S/C28H32N2O6/c1-33-24-9-5-4-8-23(24)28(32)30(21-11-12-21)19-27(31)29(18-22-7-6-16-36-22)15-14-20-10-13-25(34-2)26(17-20)35-3/h4-10,13,16-17,21H,11-12,14-15,18-19H2,1-3H3. The molecule has 0 unspecified atom stereocenters. The van der Waals surface area contributed by atoms with E-state index < -0.39 is 0 Å². The number of carbonyl (C=O) groups is 2. The van der Waals surface area contributed by atoms with Gasteiger partial charge >= 0.3 is 0 Å².